The molecular weight excluding hydrogens is 270 g/mol. The molecule has 0 bridgehead atoms. The highest BCUT2D eigenvalue weighted by Gasteiger charge is 2.34. The summed E-state index contributed by atoms with van der Waals surface area (Å²) in [6.07, 6.45) is 2.21. The molecule has 21 heavy (non-hydrogen) atoms. The van der Waals surface area contributed by atoms with Crippen LogP contribution in [0.1, 0.15) is 24.8 Å². The first-order chi connectivity index (χ1) is 10.3. The minimum atomic E-state index is -0.408. The Morgan fingerprint density at radius 3 is 2.62 bits per heavy atom. The Hall–Kier alpha value is -1.59. The predicted molar refractivity (Wildman–Crippen MR) is 78.8 cm³/mol. The van der Waals surface area contributed by atoms with Gasteiger partial charge in [-0.25, -0.2) is 4.79 Å². The number of hydrogen-bond acceptors (Lipinski definition) is 4. The van der Waals surface area contributed by atoms with Crippen LogP contribution in [0, 0.1) is 0 Å². The van der Waals surface area contributed by atoms with Gasteiger partial charge in [0.05, 0.1) is 6.04 Å². The first-order valence-corrected chi connectivity index (χ1v) is 7.29. The van der Waals surface area contributed by atoms with Crippen molar-refractivity contribution in [3.05, 3.63) is 35.9 Å². The maximum atomic E-state index is 12.3. The van der Waals surface area contributed by atoms with E-state index < -0.39 is 6.29 Å². The summed E-state index contributed by atoms with van der Waals surface area (Å²) in [7, 11) is 3.19. The molecule has 5 nitrogen and oxygen atoms in total. The lowest BCUT2D eigenvalue weighted by Gasteiger charge is -2.38. The van der Waals surface area contributed by atoms with E-state index in [-0.39, 0.29) is 18.7 Å². The molecule has 0 N–H and O–H groups in total. The summed E-state index contributed by atoms with van der Waals surface area (Å²) >= 11 is 0. The van der Waals surface area contributed by atoms with Gasteiger partial charge in [0.2, 0.25) is 0 Å². The van der Waals surface area contributed by atoms with Crippen molar-refractivity contribution in [2.24, 2.45) is 0 Å². The fourth-order valence-corrected chi connectivity index (χ4v) is 2.68. The molecule has 5 heteroatoms. The smallest absolute Gasteiger partial charge is 0.410 e. The van der Waals surface area contributed by atoms with Crippen LogP contribution in [0.2, 0.25) is 0 Å². The van der Waals surface area contributed by atoms with E-state index in [1.54, 1.807) is 19.1 Å². The van der Waals surface area contributed by atoms with Crippen LogP contribution in [0.5, 0.6) is 0 Å². The van der Waals surface area contributed by atoms with Crippen LogP contribution in [0.4, 0.5) is 4.79 Å². The van der Waals surface area contributed by atoms with Crippen molar-refractivity contribution < 1.29 is 19.0 Å². The fraction of sp³-hybridized carbons (Fsp3) is 0.562. The normalized spacial score (nSPS) is 18.8. The molecule has 1 amide bonds. The average molecular weight is 293 g/mol. The van der Waals surface area contributed by atoms with E-state index in [0.29, 0.717) is 6.54 Å². The van der Waals surface area contributed by atoms with E-state index in [1.807, 2.05) is 30.3 Å². The lowest BCUT2D eigenvalue weighted by molar-refractivity contribution is -0.149. The Morgan fingerprint density at radius 1 is 1.24 bits per heavy atom. The van der Waals surface area contributed by atoms with E-state index in [9.17, 15) is 4.79 Å². The summed E-state index contributed by atoms with van der Waals surface area (Å²) in [5, 5.41) is 0. The molecule has 1 aromatic rings. The highest BCUT2D eigenvalue weighted by atomic mass is 16.7. The van der Waals surface area contributed by atoms with Gasteiger partial charge in [-0.2, -0.15) is 0 Å². The summed E-state index contributed by atoms with van der Waals surface area (Å²) in [5.41, 5.74) is 0.981. The summed E-state index contributed by atoms with van der Waals surface area (Å²) in [6, 6.07) is 9.59. The SMILES string of the molecule is COC(OC)[C@@H]1CCCCN1C(=O)OCc1ccccc1. The van der Waals surface area contributed by atoms with Gasteiger partial charge in [0, 0.05) is 20.8 Å². The molecule has 0 spiro atoms. The Labute approximate surface area is 125 Å². The van der Waals surface area contributed by atoms with Crippen LogP contribution in [-0.2, 0) is 20.8 Å². The molecule has 0 unspecified atom stereocenters. The van der Waals surface area contributed by atoms with Gasteiger partial charge in [-0.15, -0.1) is 0 Å². The lowest BCUT2D eigenvalue weighted by atomic mass is 10.0. The van der Waals surface area contributed by atoms with Gasteiger partial charge in [-0.3, -0.25) is 0 Å². The van der Waals surface area contributed by atoms with Crippen molar-refractivity contribution in [2.45, 2.75) is 38.2 Å². The van der Waals surface area contributed by atoms with E-state index in [1.165, 1.54) is 0 Å². The third-order valence-corrected chi connectivity index (χ3v) is 3.77. The summed E-state index contributed by atoms with van der Waals surface area (Å²) in [6.45, 7) is 0.967. The van der Waals surface area contributed by atoms with Gasteiger partial charge in [-0.1, -0.05) is 30.3 Å². The number of carbonyl (C=O) groups is 1. The van der Waals surface area contributed by atoms with Crippen molar-refractivity contribution in [1.82, 2.24) is 4.90 Å². The summed E-state index contributed by atoms with van der Waals surface area (Å²) < 4.78 is 16.0. The third-order valence-electron chi connectivity index (χ3n) is 3.77. The highest BCUT2D eigenvalue weighted by molar-refractivity contribution is 5.68. The molecule has 0 radical (unpaired) electrons. The number of methoxy groups -OCH3 is 2. The van der Waals surface area contributed by atoms with E-state index in [2.05, 4.69) is 0 Å². The maximum Gasteiger partial charge on any atom is 0.410 e. The number of carbonyl (C=O) groups excluding carboxylic acids is 1. The minimum Gasteiger partial charge on any atom is -0.445 e. The van der Waals surface area contributed by atoms with Crippen LogP contribution in [0.3, 0.4) is 0 Å². The quantitative estimate of drug-likeness (QED) is 0.783. The Balaban J connectivity index is 1.95. The molecular formula is C16H23NO4. The molecule has 2 rings (SSSR count). The van der Waals surface area contributed by atoms with Crippen molar-refractivity contribution in [3.63, 3.8) is 0 Å². The fourth-order valence-electron chi connectivity index (χ4n) is 2.68. The maximum absolute atomic E-state index is 12.3. The van der Waals surface area contributed by atoms with Crippen molar-refractivity contribution in [1.29, 1.82) is 0 Å². The number of amides is 1. The van der Waals surface area contributed by atoms with Crippen molar-refractivity contribution in [2.75, 3.05) is 20.8 Å². The molecule has 1 aromatic carbocycles. The summed E-state index contributed by atoms with van der Waals surface area (Å²) in [5.74, 6) is 0. The molecule has 1 aliphatic rings. The minimum absolute atomic E-state index is 0.0861. The van der Waals surface area contributed by atoms with Gasteiger partial charge in [-0.05, 0) is 24.8 Å². The molecule has 0 aromatic heterocycles. The van der Waals surface area contributed by atoms with Gasteiger partial charge < -0.3 is 19.1 Å². The summed E-state index contributed by atoms with van der Waals surface area (Å²) in [4.78, 5) is 14.0. The average Bonchev–Trinajstić information content (AvgIpc) is 2.55. The lowest BCUT2D eigenvalue weighted by Crippen LogP contribution is -2.51. The molecule has 1 fully saturated rings. The number of piperidine rings is 1. The van der Waals surface area contributed by atoms with E-state index in [4.69, 9.17) is 14.2 Å². The third kappa shape index (κ3) is 4.19. The van der Waals surface area contributed by atoms with E-state index in [0.717, 1.165) is 24.8 Å². The van der Waals surface area contributed by atoms with E-state index >= 15 is 0 Å². The Kier molecular flexibility index (Phi) is 6.02. The van der Waals surface area contributed by atoms with Crippen LogP contribution in [0.25, 0.3) is 0 Å². The second-order valence-electron chi connectivity index (χ2n) is 5.14. The second kappa shape index (κ2) is 8.00. The first kappa shape index (κ1) is 15.8. The van der Waals surface area contributed by atoms with Crippen LogP contribution >= 0.6 is 0 Å². The largest absolute Gasteiger partial charge is 0.445 e. The number of rotatable bonds is 5. The Bertz CT molecular complexity index is 433. The van der Waals surface area contributed by atoms with Crippen LogP contribution in [-0.4, -0.2) is 44.1 Å². The first-order valence-electron chi connectivity index (χ1n) is 7.29. The van der Waals surface area contributed by atoms with Crippen LogP contribution < -0.4 is 0 Å². The van der Waals surface area contributed by atoms with Crippen molar-refractivity contribution >= 4 is 6.09 Å². The molecule has 1 heterocycles. The number of benzene rings is 1. The zero-order valence-electron chi connectivity index (χ0n) is 12.7. The van der Waals surface area contributed by atoms with Crippen LogP contribution in [0.15, 0.2) is 30.3 Å². The molecule has 0 saturated carbocycles. The monoisotopic (exact) mass is 293 g/mol. The molecule has 0 aliphatic carbocycles. The number of ether oxygens (including phenoxy) is 3. The topological polar surface area (TPSA) is 48.0 Å². The van der Waals surface area contributed by atoms with Gasteiger partial charge in [0.1, 0.15) is 6.61 Å². The number of hydrogen-bond donors (Lipinski definition) is 0. The molecule has 1 aliphatic heterocycles. The zero-order valence-corrected chi connectivity index (χ0v) is 12.7. The molecule has 1 saturated heterocycles. The van der Waals surface area contributed by atoms with Gasteiger partial charge >= 0.3 is 6.09 Å². The van der Waals surface area contributed by atoms with Gasteiger partial charge in [0.25, 0.3) is 0 Å². The predicted octanol–water partition coefficient (Wildman–Crippen LogP) is 2.80. The zero-order chi connectivity index (χ0) is 15.1. The van der Waals surface area contributed by atoms with Gasteiger partial charge in [0.15, 0.2) is 6.29 Å². The number of likely N-dealkylation sites (tertiary alicyclic amines) is 1. The number of nitrogens with zero attached hydrogens (tertiary/aromatic N) is 1. The highest BCUT2D eigenvalue weighted by Crippen LogP contribution is 2.22. The standard InChI is InChI=1S/C16H23NO4/c1-19-15(20-2)14-10-6-7-11-17(14)16(18)21-12-13-8-4-3-5-9-13/h3-5,8-9,14-15H,6-7,10-12H2,1-2H3/t14-/m0/s1. The van der Waals surface area contributed by atoms with Crippen molar-refractivity contribution in [3.8, 4) is 0 Å². The molecule has 1 atom stereocenters. The second-order valence-corrected chi connectivity index (χ2v) is 5.14. The Morgan fingerprint density at radius 2 is 1.95 bits per heavy atom. The molecule has 116 valence electrons.